The van der Waals surface area contributed by atoms with Crippen molar-refractivity contribution in [1.82, 2.24) is 0 Å². The fourth-order valence-electron chi connectivity index (χ4n) is 4.12. The van der Waals surface area contributed by atoms with Crippen LogP contribution in [0.2, 0.25) is 0 Å². The first-order valence-corrected chi connectivity index (χ1v) is 13.6. The van der Waals surface area contributed by atoms with Crippen LogP contribution in [-0.2, 0) is 12.8 Å². The lowest BCUT2D eigenvalue weighted by molar-refractivity contribution is 0.632. The van der Waals surface area contributed by atoms with Crippen LogP contribution in [0.5, 0.6) is 0 Å². The summed E-state index contributed by atoms with van der Waals surface area (Å²) in [5.41, 5.74) is 6.99. The van der Waals surface area contributed by atoms with Crippen molar-refractivity contribution in [3.8, 4) is 23.7 Å². The zero-order valence-corrected chi connectivity index (χ0v) is 21.7. The molecular weight excluding hydrogens is 420 g/mol. The van der Waals surface area contributed by atoms with Gasteiger partial charge in [-0.2, -0.15) is 0 Å². The van der Waals surface area contributed by atoms with Gasteiger partial charge in [-0.3, -0.25) is 0 Å². The Kier molecular flexibility index (Phi) is 11.8. The van der Waals surface area contributed by atoms with Gasteiger partial charge in [0.25, 0.3) is 0 Å². The van der Waals surface area contributed by atoms with E-state index in [1.807, 2.05) is 0 Å². The average molecular weight is 461 g/mol. The van der Waals surface area contributed by atoms with E-state index in [-0.39, 0.29) is 0 Å². The minimum absolute atomic E-state index is 1.02. The second-order valence-electron chi connectivity index (χ2n) is 9.45. The van der Waals surface area contributed by atoms with E-state index < -0.39 is 0 Å². The van der Waals surface area contributed by atoms with Gasteiger partial charge in [-0.1, -0.05) is 107 Å². The van der Waals surface area contributed by atoms with Crippen LogP contribution in [-0.4, -0.2) is 0 Å². The molecule has 0 N–H and O–H groups in total. The molecule has 0 heteroatoms. The Labute approximate surface area is 214 Å². The molecule has 0 bridgehead atoms. The maximum absolute atomic E-state index is 3.29. The first-order chi connectivity index (χ1) is 17.3. The molecule has 0 aliphatic heterocycles. The topological polar surface area (TPSA) is 0 Å². The van der Waals surface area contributed by atoms with E-state index in [0.29, 0.717) is 0 Å². The molecule has 0 fully saturated rings. The zero-order valence-electron chi connectivity index (χ0n) is 21.7. The molecule has 180 valence electrons. The highest BCUT2D eigenvalue weighted by atomic mass is 14.0. The van der Waals surface area contributed by atoms with Gasteiger partial charge in [-0.05, 0) is 85.3 Å². The third-order valence-corrected chi connectivity index (χ3v) is 6.38. The van der Waals surface area contributed by atoms with E-state index in [1.54, 1.807) is 0 Å². The van der Waals surface area contributed by atoms with Crippen molar-refractivity contribution < 1.29 is 0 Å². The van der Waals surface area contributed by atoms with Gasteiger partial charge in [0.2, 0.25) is 0 Å². The van der Waals surface area contributed by atoms with Gasteiger partial charge in [0, 0.05) is 22.3 Å². The Hall–Kier alpha value is -3.22. The minimum Gasteiger partial charge on any atom is -0.0654 e. The van der Waals surface area contributed by atoms with Crippen LogP contribution < -0.4 is 0 Å². The Balaban J connectivity index is 1.48. The highest BCUT2D eigenvalue weighted by Gasteiger charge is 1.96. The predicted molar refractivity (Wildman–Crippen MR) is 152 cm³/mol. The summed E-state index contributed by atoms with van der Waals surface area (Å²) < 4.78 is 0. The van der Waals surface area contributed by atoms with Crippen LogP contribution in [0.3, 0.4) is 0 Å². The number of rotatable bonds is 11. The first-order valence-electron chi connectivity index (χ1n) is 13.6. The monoisotopic (exact) mass is 460 g/mol. The molecule has 0 unspecified atom stereocenters. The highest BCUT2D eigenvalue weighted by molar-refractivity contribution is 5.48. The van der Waals surface area contributed by atoms with Crippen LogP contribution in [0.25, 0.3) is 0 Å². The molecule has 0 heterocycles. The Bertz CT molecular complexity index is 1110. The van der Waals surface area contributed by atoms with Crippen LogP contribution in [0.1, 0.15) is 105 Å². The molecule has 35 heavy (non-hydrogen) atoms. The Morgan fingerprint density at radius 1 is 0.371 bits per heavy atom. The van der Waals surface area contributed by atoms with Crippen molar-refractivity contribution >= 4 is 0 Å². The zero-order chi connectivity index (χ0) is 24.6. The summed E-state index contributed by atoms with van der Waals surface area (Å²) in [6.07, 6.45) is 14.2. The number of hydrogen-bond donors (Lipinski definition) is 0. The van der Waals surface area contributed by atoms with Crippen molar-refractivity contribution in [2.75, 3.05) is 0 Å². The molecule has 0 aromatic heterocycles. The molecule has 0 aliphatic carbocycles. The van der Waals surface area contributed by atoms with Gasteiger partial charge < -0.3 is 0 Å². The summed E-state index contributed by atoms with van der Waals surface area (Å²) in [5, 5.41) is 0. The van der Waals surface area contributed by atoms with E-state index in [4.69, 9.17) is 0 Å². The van der Waals surface area contributed by atoms with Crippen LogP contribution in [0.4, 0.5) is 0 Å². The van der Waals surface area contributed by atoms with Crippen LogP contribution in [0.15, 0.2) is 72.8 Å². The number of aryl methyl sites for hydroxylation is 2. The predicted octanol–water partition coefficient (Wildman–Crippen LogP) is 9.12. The Morgan fingerprint density at radius 3 is 1.00 bits per heavy atom. The van der Waals surface area contributed by atoms with Gasteiger partial charge in [0.15, 0.2) is 0 Å². The largest absolute Gasteiger partial charge is 0.0654 e. The number of unbranched alkanes of at least 4 members (excludes halogenated alkanes) is 7. The molecular formula is C35H40. The van der Waals surface area contributed by atoms with Crippen molar-refractivity contribution in [2.45, 2.75) is 84.5 Å². The fourth-order valence-corrected chi connectivity index (χ4v) is 4.12. The molecule has 0 amide bonds. The standard InChI is InChI=1S/C35H40/c1-3-5-7-9-11-13-31-16-20-33(21-17-31)23-25-35-28-26-34(27-29-35)24-22-32-18-14-30(15-19-32)12-10-8-6-4-2/h14-21,26-29H,3-13H2,1-2H3. The van der Waals surface area contributed by atoms with Gasteiger partial charge in [-0.25, -0.2) is 0 Å². The summed E-state index contributed by atoms with van der Waals surface area (Å²) in [7, 11) is 0. The molecule has 0 saturated heterocycles. The first kappa shape index (κ1) is 26.4. The minimum atomic E-state index is 1.02. The van der Waals surface area contributed by atoms with Gasteiger partial charge in [0.1, 0.15) is 0 Å². The van der Waals surface area contributed by atoms with Gasteiger partial charge in [0.05, 0.1) is 0 Å². The third kappa shape index (κ3) is 10.3. The summed E-state index contributed by atoms with van der Waals surface area (Å²) in [4.78, 5) is 0. The van der Waals surface area contributed by atoms with Crippen LogP contribution >= 0.6 is 0 Å². The van der Waals surface area contributed by atoms with Crippen molar-refractivity contribution in [2.24, 2.45) is 0 Å². The lowest BCUT2D eigenvalue weighted by atomic mass is 10.0. The fraction of sp³-hybridized carbons (Fsp3) is 0.371. The normalized spacial score (nSPS) is 10.2. The second-order valence-corrected chi connectivity index (χ2v) is 9.45. The summed E-state index contributed by atoms with van der Waals surface area (Å²) in [6, 6.07) is 25.7. The van der Waals surface area contributed by atoms with Crippen molar-refractivity contribution in [1.29, 1.82) is 0 Å². The van der Waals surface area contributed by atoms with E-state index >= 15 is 0 Å². The molecule has 3 rings (SSSR count). The van der Waals surface area contributed by atoms with E-state index in [2.05, 4.69) is 110 Å². The quantitative estimate of drug-likeness (QED) is 0.198. The third-order valence-electron chi connectivity index (χ3n) is 6.38. The van der Waals surface area contributed by atoms with E-state index in [1.165, 1.54) is 81.8 Å². The molecule has 0 saturated carbocycles. The number of benzene rings is 3. The maximum Gasteiger partial charge on any atom is 0.0249 e. The molecule has 3 aromatic carbocycles. The molecule has 0 aliphatic rings. The van der Waals surface area contributed by atoms with E-state index in [9.17, 15) is 0 Å². The summed E-state index contributed by atoms with van der Waals surface area (Å²) in [6.45, 7) is 4.52. The Morgan fingerprint density at radius 2 is 0.657 bits per heavy atom. The van der Waals surface area contributed by atoms with Crippen molar-refractivity contribution in [3.63, 3.8) is 0 Å². The molecule has 0 nitrogen and oxygen atoms in total. The SMILES string of the molecule is CCCCCCCc1ccc(C#Cc2ccc(C#Cc3ccc(CCCCCC)cc3)cc2)cc1. The summed E-state index contributed by atoms with van der Waals surface area (Å²) in [5.74, 6) is 13.1. The molecule has 0 spiro atoms. The lowest BCUT2D eigenvalue weighted by Crippen LogP contribution is -1.86. The number of hydrogen-bond acceptors (Lipinski definition) is 0. The van der Waals surface area contributed by atoms with Crippen molar-refractivity contribution in [3.05, 3.63) is 106 Å². The van der Waals surface area contributed by atoms with Gasteiger partial charge >= 0.3 is 0 Å². The average Bonchev–Trinajstić information content (AvgIpc) is 2.90. The maximum atomic E-state index is 3.29. The van der Waals surface area contributed by atoms with Crippen LogP contribution in [0, 0.1) is 23.7 Å². The smallest absolute Gasteiger partial charge is 0.0249 e. The summed E-state index contributed by atoms with van der Waals surface area (Å²) >= 11 is 0. The molecule has 0 radical (unpaired) electrons. The molecule has 0 atom stereocenters. The van der Waals surface area contributed by atoms with Gasteiger partial charge in [-0.15, -0.1) is 0 Å². The lowest BCUT2D eigenvalue weighted by Gasteiger charge is -2.01. The second kappa shape index (κ2) is 15.6. The van der Waals surface area contributed by atoms with E-state index in [0.717, 1.165) is 22.3 Å². The molecule has 3 aromatic rings. The highest BCUT2D eigenvalue weighted by Crippen LogP contribution is 2.12.